The van der Waals surface area contributed by atoms with E-state index in [1.54, 1.807) is 25.1 Å². The zero-order chi connectivity index (χ0) is 12.4. The Bertz CT molecular complexity index is 620. The minimum Gasteiger partial charge on any atom is -0.224 e. The number of hydrogen-bond acceptors (Lipinski definition) is 3. The van der Waals surface area contributed by atoms with Gasteiger partial charge in [0.05, 0.1) is 5.69 Å². The van der Waals surface area contributed by atoms with Gasteiger partial charge in [-0.3, -0.25) is 0 Å². The molecule has 0 spiro atoms. The Labute approximate surface area is 106 Å². The van der Waals surface area contributed by atoms with Crippen molar-refractivity contribution in [2.24, 2.45) is 0 Å². The number of rotatable bonds is 1. The van der Waals surface area contributed by atoms with E-state index in [-0.39, 0.29) is 11.6 Å². The van der Waals surface area contributed by atoms with E-state index in [4.69, 9.17) is 5.26 Å². The Kier molecular flexibility index (Phi) is 3.16. The third-order valence-corrected chi connectivity index (χ3v) is 2.65. The highest BCUT2D eigenvalue weighted by Gasteiger charge is 2.09. The van der Waals surface area contributed by atoms with Crippen molar-refractivity contribution in [1.29, 1.82) is 5.26 Å². The van der Waals surface area contributed by atoms with Crippen molar-refractivity contribution in [2.45, 2.75) is 6.92 Å². The average molecular weight is 292 g/mol. The summed E-state index contributed by atoms with van der Waals surface area (Å²) in [5, 5.41) is 8.78. The molecule has 0 aliphatic rings. The maximum absolute atomic E-state index is 13.7. The lowest BCUT2D eigenvalue weighted by molar-refractivity contribution is 0.630. The number of aromatic nitrogens is 2. The van der Waals surface area contributed by atoms with Gasteiger partial charge >= 0.3 is 0 Å². The van der Waals surface area contributed by atoms with Gasteiger partial charge < -0.3 is 0 Å². The summed E-state index contributed by atoms with van der Waals surface area (Å²) in [4.78, 5) is 7.91. The quantitative estimate of drug-likeness (QED) is 0.810. The van der Waals surface area contributed by atoms with Crippen LogP contribution in [0.1, 0.15) is 11.5 Å². The van der Waals surface area contributed by atoms with E-state index < -0.39 is 0 Å². The van der Waals surface area contributed by atoms with Crippen molar-refractivity contribution in [1.82, 2.24) is 9.97 Å². The molecule has 5 heteroatoms. The lowest BCUT2D eigenvalue weighted by Gasteiger charge is -2.04. The molecule has 3 nitrogen and oxygen atoms in total. The van der Waals surface area contributed by atoms with Crippen molar-refractivity contribution < 1.29 is 4.39 Å². The van der Waals surface area contributed by atoms with Crippen LogP contribution >= 0.6 is 15.9 Å². The summed E-state index contributed by atoms with van der Waals surface area (Å²) in [7, 11) is 0. The molecule has 0 aliphatic heterocycles. The van der Waals surface area contributed by atoms with Gasteiger partial charge in [-0.25, -0.2) is 14.4 Å². The molecule has 1 heterocycles. The molecule has 1 aromatic heterocycles. The molecule has 2 rings (SSSR count). The molecule has 0 saturated carbocycles. The third kappa shape index (κ3) is 2.48. The molecule has 0 amide bonds. The minimum atomic E-state index is -0.379. The standard InChI is InChI=1S/C12H7BrFN3/c1-7-4-11(17-12(6-15)16-7)9-5-8(13)2-3-10(9)14/h2-5H,1H3. The normalized spacial score (nSPS) is 10.0. The van der Waals surface area contributed by atoms with Crippen LogP contribution in [0.25, 0.3) is 11.3 Å². The maximum Gasteiger partial charge on any atom is 0.232 e. The summed E-state index contributed by atoms with van der Waals surface area (Å²) in [6, 6.07) is 8.08. The van der Waals surface area contributed by atoms with Crippen LogP contribution in [-0.4, -0.2) is 9.97 Å². The zero-order valence-electron chi connectivity index (χ0n) is 8.91. The molecule has 17 heavy (non-hydrogen) atoms. The molecule has 0 atom stereocenters. The smallest absolute Gasteiger partial charge is 0.224 e. The molecule has 0 aliphatic carbocycles. The topological polar surface area (TPSA) is 49.6 Å². The SMILES string of the molecule is Cc1cc(-c2cc(Br)ccc2F)nc(C#N)n1. The molecule has 84 valence electrons. The molecule has 1 aromatic carbocycles. The van der Waals surface area contributed by atoms with Crippen molar-refractivity contribution in [3.05, 3.63) is 46.1 Å². The Balaban J connectivity index is 2.64. The first-order chi connectivity index (χ1) is 8.10. The van der Waals surface area contributed by atoms with Crippen LogP contribution in [0, 0.1) is 24.1 Å². The Morgan fingerprint density at radius 1 is 1.29 bits per heavy atom. The molecular formula is C12H7BrFN3. The lowest BCUT2D eigenvalue weighted by atomic mass is 10.1. The van der Waals surface area contributed by atoms with Gasteiger partial charge in [0.25, 0.3) is 0 Å². The maximum atomic E-state index is 13.7. The van der Waals surface area contributed by atoms with Crippen LogP contribution in [0.15, 0.2) is 28.7 Å². The Hall–Kier alpha value is -1.80. The average Bonchev–Trinajstić information content (AvgIpc) is 2.31. The van der Waals surface area contributed by atoms with Gasteiger partial charge in [0.15, 0.2) is 0 Å². The van der Waals surface area contributed by atoms with Crippen LogP contribution in [0.5, 0.6) is 0 Å². The van der Waals surface area contributed by atoms with Crippen molar-refractivity contribution in [3.8, 4) is 17.3 Å². The predicted octanol–water partition coefficient (Wildman–Crippen LogP) is 3.23. The van der Waals surface area contributed by atoms with E-state index in [1.807, 2.05) is 6.07 Å². The monoisotopic (exact) mass is 291 g/mol. The fourth-order valence-corrected chi connectivity index (χ4v) is 1.81. The third-order valence-electron chi connectivity index (χ3n) is 2.16. The molecule has 2 aromatic rings. The number of nitriles is 1. The Morgan fingerprint density at radius 3 is 2.76 bits per heavy atom. The van der Waals surface area contributed by atoms with Gasteiger partial charge in [-0.1, -0.05) is 15.9 Å². The predicted molar refractivity (Wildman–Crippen MR) is 64.6 cm³/mol. The summed E-state index contributed by atoms with van der Waals surface area (Å²) in [6.45, 7) is 1.74. The molecule has 0 saturated heterocycles. The van der Waals surface area contributed by atoms with Crippen molar-refractivity contribution >= 4 is 15.9 Å². The summed E-state index contributed by atoms with van der Waals surface area (Å²) in [5.74, 6) is -0.338. The van der Waals surface area contributed by atoms with Gasteiger partial charge in [-0.05, 0) is 31.2 Å². The van der Waals surface area contributed by atoms with Crippen LogP contribution in [0.2, 0.25) is 0 Å². The fraction of sp³-hybridized carbons (Fsp3) is 0.0833. The number of aryl methyl sites for hydroxylation is 1. The largest absolute Gasteiger partial charge is 0.232 e. The highest BCUT2D eigenvalue weighted by atomic mass is 79.9. The number of nitrogens with zero attached hydrogens (tertiary/aromatic N) is 3. The van der Waals surface area contributed by atoms with E-state index in [2.05, 4.69) is 25.9 Å². The van der Waals surface area contributed by atoms with Gasteiger partial charge in [0, 0.05) is 15.7 Å². The van der Waals surface area contributed by atoms with Crippen LogP contribution in [0.4, 0.5) is 4.39 Å². The minimum absolute atomic E-state index is 0.0411. The Morgan fingerprint density at radius 2 is 2.06 bits per heavy atom. The molecule has 0 fully saturated rings. The molecule has 0 bridgehead atoms. The number of halogens is 2. The molecule has 0 unspecified atom stereocenters. The summed E-state index contributed by atoms with van der Waals surface area (Å²) in [5.41, 5.74) is 1.39. The van der Waals surface area contributed by atoms with Gasteiger partial charge in [-0.2, -0.15) is 5.26 Å². The van der Waals surface area contributed by atoms with E-state index >= 15 is 0 Å². The van der Waals surface area contributed by atoms with E-state index in [9.17, 15) is 4.39 Å². The second kappa shape index (κ2) is 4.60. The highest BCUT2D eigenvalue weighted by Crippen LogP contribution is 2.25. The van der Waals surface area contributed by atoms with E-state index in [0.717, 1.165) is 4.47 Å². The second-order valence-electron chi connectivity index (χ2n) is 3.45. The highest BCUT2D eigenvalue weighted by molar-refractivity contribution is 9.10. The van der Waals surface area contributed by atoms with Crippen molar-refractivity contribution in [3.63, 3.8) is 0 Å². The first-order valence-electron chi connectivity index (χ1n) is 4.81. The first kappa shape index (κ1) is 11.7. The first-order valence-corrected chi connectivity index (χ1v) is 5.60. The van der Waals surface area contributed by atoms with Gasteiger partial charge in [0.1, 0.15) is 11.9 Å². The summed E-state index contributed by atoms with van der Waals surface area (Å²) < 4.78 is 14.4. The zero-order valence-corrected chi connectivity index (χ0v) is 10.5. The van der Waals surface area contributed by atoms with Crippen LogP contribution in [-0.2, 0) is 0 Å². The molecule has 0 N–H and O–H groups in total. The number of hydrogen-bond donors (Lipinski definition) is 0. The summed E-state index contributed by atoms with van der Waals surface area (Å²) >= 11 is 3.27. The van der Waals surface area contributed by atoms with E-state index in [1.165, 1.54) is 6.07 Å². The van der Waals surface area contributed by atoms with Crippen LogP contribution in [0.3, 0.4) is 0 Å². The lowest BCUT2D eigenvalue weighted by Crippen LogP contribution is -1.96. The van der Waals surface area contributed by atoms with Gasteiger partial charge in [0.2, 0.25) is 5.82 Å². The van der Waals surface area contributed by atoms with Gasteiger partial charge in [-0.15, -0.1) is 0 Å². The molecule has 0 radical (unpaired) electrons. The molecular weight excluding hydrogens is 285 g/mol. The van der Waals surface area contributed by atoms with E-state index in [0.29, 0.717) is 17.0 Å². The fourth-order valence-electron chi connectivity index (χ4n) is 1.45. The number of benzene rings is 1. The van der Waals surface area contributed by atoms with Crippen molar-refractivity contribution in [2.75, 3.05) is 0 Å². The summed E-state index contributed by atoms with van der Waals surface area (Å²) in [6.07, 6.45) is 0. The second-order valence-corrected chi connectivity index (χ2v) is 4.37. The van der Waals surface area contributed by atoms with Crippen LogP contribution < -0.4 is 0 Å².